The number of phenolic OH excluding ortho intramolecular Hbond substituents is 3. The summed E-state index contributed by atoms with van der Waals surface area (Å²) in [5.74, 6) is 1.26. The van der Waals surface area contributed by atoms with E-state index in [0.717, 1.165) is 6.61 Å². The fourth-order valence-corrected chi connectivity index (χ4v) is 2.53. The number of pyridine rings is 1. The van der Waals surface area contributed by atoms with Gasteiger partial charge in [-0.05, 0) is 83.1 Å². The van der Waals surface area contributed by atoms with E-state index in [9.17, 15) is 0 Å². The van der Waals surface area contributed by atoms with Crippen LogP contribution in [-0.4, -0.2) is 34.8 Å². The number of aromatic nitrogens is 1. The molecule has 1 aromatic heterocycles. The molecule has 0 aliphatic heterocycles. The number of hydrogen-bond donors (Lipinski definition) is 3. The molecule has 216 valence electrons. The maximum atomic E-state index is 9.01. The van der Waals surface area contributed by atoms with Gasteiger partial charge >= 0.3 is 0 Å². The molecule has 0 bridgehead atoms. The second-order valence-corrected chi connectivity index (χ2v) is 8.01. The van der Waals surface area contributed by atoms with Gasteiger partial charge in [0.15, 0.2) is 18.7 Å². The molecule has 0 aliphatic rings. The zero-order valence-electron chi connectivity index (χ0n) is 24.2. The van der Waals surface area contributed by atoms with E-state index in [1.807, 2.05) is 51.4 Å². The lowest BCUT2D eigenvalue weighted by Gasteiger charge is -2.13. The fraction of sp³-hybridized carbons (Fsp3) is 0.242. The first-order valence-electron chi connectivity index (χ1n) is 12.9. The summed E-state index contributed by atoms with van der Waals surface area (Å²) in [6, 6.07) is 26.6. The number of aromatic hydroxyl groups is 3. The SMILES string of the molecule is C=COCC.CCOC(C)Oc1ccc(O)cc1.Cc1ccc(C)cc1.Oc1ccc(O)cc1.c1cc[nH+]cc1. The third-order valence-corrected chi connectivity index (χ3v) is 4.50. The van der Waals surface area contributed by atoms with Gasteiger partial charge in [0, 0.05) is 18.7 Å². The first-order chi connectivity index (χ1) is 19.2. The molecule has 1 heterocycles. The van der Waals surface area contributed by atoms with Crippen LogP contribution in [0.3, 0.4) is 0 Å². The molecule has 0 saturated heterocycles. The molecular formula is C33H44NO6+. The summed E-state index contributed by atoms with van der Waals surface area (Å²) in [4.78, 5) is 2.89. The number of aromatic amines is 1. The van der Waals surface area contributed by atoms with Gasteiger partial charge in [-0.2, -0.15) is 0 Å². The molecule has 0 fully saturated rings. The van der Waals surface area contributed by atoms with Crippen LogP contribution in [0.15, 0.2) is 116 Å². The second-order valence-electron chi connectivity index (χ2n) is 8.01. The van der Waals surface area contributed by atoms with Crippen LogP contribution in [0, 0.1) is 13.8 Å². The molecule has 0 radical (unpaired) electrons. The van der Waals surface area contributed by atoms with Crippen LogP contribution in [0.4, 0.5) is 0 Å². The van der Waals surface area contributed by atoms with E-state index in [-0.39, 0.29) is 23.5 Å². The van der Waals surface area contributed by atoms with Gasteiger partial charge in [0.25, 0.3) is 0 Å². The average molecular weight is 551 g/mol. The summed E-state index contributed by atoms with van der Waals surface area (Å²) in [6.45, 7) is 14.5. The second kappa shape index (κ2) is 23.6. The molecule has 3 aromatic carbocycles. The number of hydrogen-bond acceptors (Lipinski definition) is 6. The number of nitrogens with one attached hydrogen (secondary N) is 1. The molecule has 0 aliphatic carbocycles. The van der Waals surface area contributed by atoms with Crippen molar-refractivity contribution in [2.45, 2.75) is 40.9 Å². The van der Waals surface area contributed by atoms with Crippen molar-refractivity contribution in [3.05, 3.63) is 127 Å². The lowest BCUT2D eigenvalue weighted by molar-refractivity contribution is -0.377. The lowest BCUT2D eigenvalue weighted by atomic mass is 10.2. The Kier molecular flexibility index (Phi) is 21.0. The maximum Gasteiger partial charge on any atom is 0.196 e. The van der Waals surface area contributed by atoms with Crippen molar-refractivity contribution in [3.63, 3.8) is 0 Å². The first kappa shape index (κ1) is 35.5. The molecule has 0 saturated carbocycles. The predicted molar refractivity (Wildman–Crippen MR) is 160 cm³/mol. The molecule has 1 atom stereocenters. The van der Waals surface area contributed by atoms with Crippen molar-refractivity contribution in [1.82, 2.24) is 0 Å². The summed E-state index contributed by atoms with van der Waals surface area (Å²) >= 11 is 0. The standard InChI is InChI=1S/C10H14O3.C8H10.C6H6O2.C5H5N.C4H8O/c1-3-12-8(2)13-10-6-4-9(11)5-7-10;1-7-3-5-8(2)6-4-7;7-5-1-2-6(8)4-3-5;1-2-4-6-5-3-1;1-3-5-4-2/h4-8,11H,3H2,1-2H3;3-6H,1-2H3;1-4,7-8H;1-5H;3H,1,4H2,2H3/p+1. The molecule has 0 spiro atoms. The molecule has 7 heteroatoms. The predicted octanol–water partition coefficient (Wildman–Crippen LogP) is 7.22. The number of aryl methyl sites for hydroxylation is 2. The van der Waals surface area contributed by atoms with Crippen LogP contribution < -0.4 is 9.72 Å². The van der Waals surface area contributed by atoms with Gasteiger partial charge in [0.05, 0.1) is 12.9 Å². The minimum atomic E-state index is -0.255. The summed E-state index contributed by atoms with van der Waals surface area (Å²) in [6.07, 6.45) is 4.93. The van der Waals surface area contributed by atoms with Crippen LogP contribution in [0.2, 0.25) is 0 Å². The van der Waals surface area contributed by atoms with Crippen molar-refractivity contribution in [2.24, 2.45) is 0 Å². The fourth-order valence-electron chi connectivity index (χ4n) is 2.53. The first-order valence-corrected chi connectivity index (χ1v) is 12.9. The van der Waals surface area contributed by atoms with Gasteiger partial charge in [0.1, 0.15) is 23.0 Å². The molecule has 0 amide bonds. The largest absolute Gasteiger partial charge is 0.508 e. The van der Waals surface area contributed by atoms with E-state index in [0.29, 0.717) is 12.4 Å². The summed E-state index contributed by atoms with van der Waals surface area (Å²) in [7, 11) is 0. The molecule has 40 heavy (non-hydrogen) atoms. The van der Waals surface area contributed by atoms with Gasteiger partial charge in [-0.3, -0.25) is 0 Å². The van der Waals surface area contributed by atoms with E-state index >= 15 is 0 Å². The molecule has 4 N–H and O–H groups in total. The van der Waals surface area contributed by atoms with Crippen LogP contribution in [-0.2, 0) is 9.47 Å². The Balaban J connectivity index is 0.000000496. The molecule has 4 aromatic rings. The Hall–Kier alpha value is -4.49. The Morgan fingerprint density at radius 3 is 1.40 bits per heavy atom. The van der Waals surface area contributed by atoms with E-state index < -0.39 is 0 Å². The highest BCUT2D eigenvalue weighted by molar-refractivity contribution is 5.30. The van der Waals surface area contributed by atoms with E-state index in [1.54, 1.807) is 24.3 Å². The number of ether oxygens (including phenoxy) is 3. The minimum Gasteiger partial charge on any atom is -0.508 e. The Bertz CT molecular complexity index is 990. The van der Waals surface area contributed by atoms with Crippen molar-refractivity contribution < 1.29 is 34.5 Å². The molecule has 7 nitrogen and oxygen atoms in total. The van der Waals surface area contributed by atoms with E-state index in [2.05, 4.69) is 54.4 Å². The number of benzene rings is 3. The van der Waals surface area contributed by atoms with Crippen LogP contribution in [0.1, 0.15) is 31.9 Å². The smallest absolute Gasteiger partial charge is 0.196 e. The summed E-state index contributed by atoms with van der Waals surface area (Å²) in [5.41, 5.74) is 2.66. The van der Waals surface area contributed by atoms with E-state index in [1.165, 1.54) is 41.7 Å². The minimum absolute atomic E-state index is 0.169. The van der Waals surface area contributed by atoms with Gasteiger partial charge < -0.3 is 29.5 Å². The normalized spacial score (nSPS) is 9.72. The van der Waals surface area contributed by atoms with Crippen molar-refractivity contribution in [3.8, 4) is 23.0 Å². The number of H-pyrrole nitrogens is 1. The third kappa shape index (κ3) is 21.6. The third-order valence-electron chi connectivity index (χ3n) is 4.50. The zero-order chi connectivity index (χ0) is 30.0. The highest BCUT2D eigenvalue weighted by Gasteiger charge is 2.01. The maximum absolute atomic E-state index is 9.01. The summed E-state index contributed by atoms with van der Waals surface area (Å²) in [5, 5.41) is 26.3. The van der Waals surface area contributed by atoms with Crippen LogP contribution in [0.25, 0.3) is 0 Å². The van der Waals surface area contributed by atoms with Crippen molar-refractivity contribution >= 4 is 0 Å². The van der Waals surface area contributed by atoms with Crippen LogP contribution >= 0.6 is 0 Å². The van der Waals surface area contributed by atoms with Crippen molar-refractivity contribution in [1.29, 1.82) is 0 Å². The Labute approximate surface area is 239 Å². The molecule has 4 rings (SSSR count). The quantitative estimate of drug-likeness (QED) is 0.133. The lowest BCUT2D eigenvalue weighted by Crippen LogP contribution is -2.15. The number of phenols is 3. The van der Waals surface area contributed by atoms with Crippen molar-refractivity contribution in [2.75, 3.05) is 13.2 Å². The summed E-state index contributed by atoms with van der Waals surface area (Å²) < 4.78 is 15.2. The van der Waals surface area contributed by atoms with Gasteiger partial charge in [-0.25, -0.2) is 4.98 Å². The average Bonchev–Trinajstić information content (AvgIpc) is 2.96. The number of rotatable bonds is 6. The Morgan fingerprint density at radius 1 is 0.700 bits per heavy atom. The topological polar surface area (TPSA) is 103 Å². The van der Waals surface area contributed by atoms with Gasteiger partial charge in [0.2, 0.25) is 0 Å². The highest BCUT2D eigenvalue weighted by Crippen LogP contribution is 2.17. The van der Waals surface area contributed by atoms with Gasteiger partial charge in [-0.15, -0.1) is 0 Å². The van der Waals surface area contributed by atoms with Gasteiger partial charge in [-0.1, -0.05) is 48.0 Å². The Morgan fingerprint density at radius 2 is 1.12 bits per heavy atom. The highest BCUT2D eigenvalue weighted by atomic mass is 16.7. The monoisotopic (exact) mass is 550 g/mol. The van der Waals surface area contributed by atoms with E-state index in [4.69, 9.17) is 24.8 Å². The van der Waals surface area contributed by atoms with Crippen LogP contribution in [0.5, 0.6) is 23.0 Å². The molecular weight excluding hydrogens is 506 g/mol. The zero-order valence-corrected chi connectivity index (χ0v) is 24.2. The molecule has 1 unspecified atom stereocenters.